The van der Waals surface area contributed by atoms with Crippen molar-refractivity contribution >= 4 is 17.9 Å². The average Bonchev–Trinajstić information content (AvgIpc) is 2.93. The molecule has 2 heterocycles. The minimum absolute atomic E-state index is 0.0246. The Morgan fingerprint density at radius 1 is 1.14 bits per heavy atom. The number of rotatable bonds is 4. The lowest BCUT2D eigenvalue weighted by molar-refractivity contribution is -0.124. The summed E-state index contributed by atoms with van der Waals surface area (Å²) in [6.45, 7) is 14.5. The normalized spacial score (nSPS) is 16.7. The molecule has 0 radical (unpaired) electrons. The van der Waals surface area contributed by atoms with Crippen LogP contribution in [0.5, 0.6) is 0 Å². The van der Waals surface area contributed by atoms with Crippen LogP contribution >= 0.6 is 0 Å². The predicted molar refractivity (Wildman–Crippen MR) is 112 cm³/mol. The van der Waals surface area contributed by atoms with E-state index < -0.39 is 11.5 Å². The van der Waals surface area contributed by atoms with E-state index >= 15 is 0 Å². The van der Waals surface area contributed by atoms with E-state index in [1.54, 1.807) is 7.05 Å². The second kappa shape index (κ2) is 8.07. The maximum absolute atomic E-state index is 13.1. The molecule has 1 aromatic rings. The van der Waals surface area contributed by atoms with Gasteiger partial charge in [-0.1, -0.05) is 47.6 Å². The molecule has 7 nitrogen and oxygen atoms in total. The van der Waals surface area contributed by atoms with Gasteiger partial charge in [0.1, 0.15) is 11.9 Å². The molecule has 0 aromatic carbocycles. The number of amides is 2. The molecule has 1 aliphatic heterocycles. The number of hydrogen-bond acceptors (Lipinski definition) is 4. The van der Waals surface area contributed by atoms with Crippen LogP contribution in [0.2, 0.25) is 0 Å². The van der Waals surface area contributed by atoms with E-state index in [4.69, 9.17) is 0 Å². The Balaban J connectivity index is 2.41. The van der Waals surface area contributed by atoms with E-state index in [9.17, 15) is 9.59 Å². The standard InChI is InChI=1S/C21H35N5O2/c1-20(2,3)10-9-15-23-16(14-13-25(8)11-12-26(14)15)18(27)24-17(19(28)22-7)21(4,5)6/h9-10,17H,11-13H2,1-8H3,(H,22,28)(H,24,27). The second-order valence-corrected chi connectivity index (χ2v) is 9.74. The molecule has 0 aliphatic carbocycles. The van der Waals surface area contributed by atoms with Crippen molar-refractivity contribution in [1.29, 1.82) is 0 Å². The van der Waals surface area contributed by atoms with Crippen LogP contribution in [0.4, 0.5) is 0 Å². The lowest BCUT2D eigenvalue weighted by atomic mass is 9.86. The molecule has 2 amide bonds. The van der Waals surface area contributed by atoms with Crippen molar-refractivity contribution in [2.75, 3.05) is 20.6 Å². The third-order valence-corrected chi connectivity index (χ3v) is 4.82. The van der Waals surface area contributed by atoms with Gasteiger partial charge in [0, 0.05) is 26.7 Å². The van der Waals surface area contributed by atoms with Crippen molar-refractivity contribution in [2.45, 2.75) is 60.7 Å². The lowest BCUT2D eigenvalue weighted by Crippen LogP contribution is -2.53. The summed E-state index contributed by atoms with van der Waals surface area (Å²) >= 11 is 0. The Kier molecular flexibility index (Phi) is 6.38. The Morgan fingerprint density at radius 3 is 2.32 bits per heavy atom. The SMILES string of the molecule is CNC(=O)C(NC(=O)c1nc(C=CC(C)(C)C)n2c1CN(C)CC2)C(C)(C)C. The van der Waals surface area contributed by atoms with Crippen LogP contribution < -0.4 is 10.6 Å². The van der Waals surface area contributed by atoms with Gasteiger partial charge >= 0.3 is 0 Å². The van der Waals surface area contributed by atoms with Gasteiger partial charge in [0.2, 0.25) is 5.91 Å². The number of carbonyl (C=O) groups excluding carboxylic acids is 2. The molecule has 0 bridgehead atoms. The van der Waals surface area contributed by atoms with Gasteiger partial charge in [-0.15, -0.1) is 0 Å². The molecule has 2 rings (SSSR count). The number of fused-ring (bicyclic) bond motifs is 1. The number of nitrogens with one attached hydrogen (secondary N) is 2. The highest BCUT2D eigenvalue weighted by Crippen LogP contribution is 2.24. The highest BCUT2D eigenvalue weighted by atomic mass is 16.2. The topological polar surface area (TPSA) is 79.3 Å². The zero-order chi connectivity index (χ0) is 21.3. The number of likely N-dealkylation sites (N-methyl/N-ethyl adjacent to an activating group) is 2. The predicted octanol–water partition coefficient (Wildman–Crippen LogP) is 2.28. The zero-order valence-corrected chi connectivity index (χ0v) is 18.5. The smallest absolute Gasteiger partial charge is 0.272 e. The molecule has 28 heavy (non-hydrogen) atoms. The van der Waals surface area contributed by atoms with Crippen LogP contribution in [0, 0.1) is 10.8 Å². The summed E-state index contributed by atoms with van der Waals surface area (Å²) in [5.74, 6) is 0.271. The molecular formula is C21H35N5O2. The fourth-order valence-corrected chi connectivity index (χ4v) is 3.17. The van der Waals surface area contributed by atoms with Crippen LogP contribution in [0.15, 0.2) is 6.08 Å². The first-order valence-corrected chi connectivity index (χ1v) is 9.83. The minimum Gasteiger partial charge on any atom is -0.357 e. The molecule has 0 spiro atoms. The first-order valence-electron chi connectivity index (χ1n) is 9.83. The van der Waals surface area contributed by atoms with Crippen LogP contribution in [0.1, 0.15) is 63.5 Å². The molecule has 7 heteroatoms. The van der Waals surface area contributed by atoms with Gasteiger partial charge in [0.15, 0.2) is 5.69 Å². The van der Waals surface area contributed by atoms with Gasteiger partial charge in [-0.2, -0.15) is 0 Å². The molecule has 1 atom stereocenters. The van der Waals surface area contributed by atoms with Crippen molar-refractivity contribution in [3.05, 3.63) is 23.3 Å². The first kappa shape index (κ1) is 22.1. The summed E-state index contributed by atoms with van der Waals surface area (Å²) in [4.78, 5) is 32.2. The van der Waals surface area contributed by atoms with E-state index in [2.05, 4.69) is 51.9 Å². The highest BCUT2D eigenvalue weighted by molar-refractivity contribution is 5.97. The molecule has 1 aromatic heterocycles. The van der Waals surface area contributed by atoms with E-state index in [0.717, 1.165) is 24.6 Å². The van der Waals surface area contributed by atoms with Gasteiger partial charge in [-0.05, 0) is 24.0 Å². The number of imidazole rings is 1. The van der Waals surface area contributed by atoms with E-state index in [-0.39, 0.29) is 17.2 Å². The Morgan fingerprint density at radius 2 is 1.79 bits per heavy atom. The molecule has 1 aliphatic rings. The number of aromatic nitrogens is 2. The minimum atomic E-state index is -0.641. The third kappa shape index (κ3) is 5.22. The first-order chi connectivity index (χ1) is 12.8. The molecule has 0 fully saturated rings. The van der Waals surface area contributed by atoms with Gasteiger partial charge < -0.3 is 15.2 Å². The maximum atomic E-state index is 13.1. The van der Waals surface area contributed by atoms with Crippen LogP contribution in [0.25, 0.3) is 6.08 Å². The summed E-state index contributed by atoms with van der Waals surface area (Å²) in [6, 6.07) is -0.641. The molecule has 0 saturated carbocycles. The van der Waals surface area contributed by atoms with Gasteiger partial charge in [-0.25, -0.2) is 4.98 Å². The summed E-state index contributed by atoms with van der Waals surface area (Å²) in [6.07, 6.45) is 4.09. The summed E-state index contributed by atoms with van der Waals surface area (Å²) < 4.78 is 2.11. The van der Waals surface area contributed by atoms with E-state index in [0.29, 0.717) is 12.2 Å². The zero-order valence-electron chi connectivity index (χ0n) is 18.5. The van der Waals surface area contributed by atoms with Crippen molar-refractivity contribution < 1.29 is 9.59 Å². The Hall–Kier alpha value is -2.15. The van der Waals surface area contributed by atoms with Gasteiger partial charge in [0.25, 0.3) is 5.91 Å². The highest BCUT2D eigenvalue weighted by Gasteiger charge is 2.34. The number of hydrogen-bond donors (Lipinski definition) is 2. The number of nitrogens with zero attached hydrogens (tertiary/aromatic N) is 3. The Labute approximate surface area is 168 Å². The Bertz CT molecular complexity index is 765. The molecule has 0 saturated heterocycles. The van der Waals surface area contributed by atoms with Gasteiger partial charge in [-0.3, -0.25) is 14.5 Å². The lowest BCUT2D eigenvalue weighted by Gasteiger charge is -2.30. The fourth-order valence-electron chi connectivity index (χ4n) is 3.17. The maximum Gasteiger partial charge on any atom is 0.272 e. The third-order valence-electron chi connectivity index (χ3n) is 4.82. The van der Waals surface area contributed by atoms with Crippen LogP contribution in [-0.4, -0.2) is 52.9 Å². The van der Waals surface area contributed by atoms with Crippen LogP contribution in [-0.2, 0) is 17.9 Å². The molecule has 1 unspecified atom stereocenters. The van der Waals surface area contributed by atoms with Crippen molar-refractivity contribution in [2.24, 2.45) is 10.8 Å². The molecule has 156 valence electrons. The van der Waals surface area contributed by atoms with Crippen LogP contribution in [0.3, 0.4) is 0 Å². The van der Waals surface area contributed by atoms with Crippen molar-refractivity contribution in [3.63, 3.8) is 0 Å². The fraction of sp³-hybridized carbons (Fsp3) is 0.667. The second-order valence-electron chi connectivity index (χ2n) is 9.74. The number of allylic oxidation sites excluding steroid dienone is 1. The number of carbonyl (C=O) groups is 2. The van der Waals surface area contributed by atoms with Crippen molar-refractivity contribution in [3.8, 4) is 0 Å². The summed E-state index contributed by atoms with van der Waals surface area (Å²) in [5.41, 5.74) is 0.903. The van der Waals surface area contributed by atoms with E-state index in [1.165, 1.54) is 0 Å². The molecule has 2 N–H and O–H groups in total. The molecular weight excluding hydrogens is 354 g/mol. The summed E-state index contributed by atoms with van der Waals surface area (Å²) in [7, 11) is 3.61. The summed E-state index contributed by atoms with van der Waals surface area (Å²) in [5, 5.41) is 5.55. The average molecular weight is 390 g/mol. The van der Waals surface area contributed by atoms with E-state index in [1.807, 2.05) is 33.9 Å². The largest absolute Gasteiger partial charge is 0.357 e. The quantitative estimate of drug-likeness (QED) is 0.828. The van der Waals surface area contributed by atoms with Gasteiger partial charge in [0.05, 0.1) is 5.69 Å². The monoisotopic (exact) mass is 389 g/mol. The van der Waals surface area contributed by atoms with Crippen molar-refractivity contribution in [1.82, 2.24) is 25.1 Å².